The number of hydrogen-bond acceptors (Lipinski definition) is 4. The Hall–Kier alpha value is -3.60. The van der Waals surface area contributed by atoms with Crippen LogP contribution >= 0.6 is 0 Å². The van der Waals surface area contributed by atoms with Gasteiger partial charge in [0.2, 0.25) is 0 Å². The highest BCUT2D eigenvalue weighted by Crippen LogP contribution is 2.57. The lowest BCUT2D eigenvalue weighted by Crippen LogP contribution is -2.29. The van der Waals surface area contributed by atoms with Gasteiger partial charge in [0, 0.05) is 13.2 Å². The minimum Gasteiger partial charge on any atom is -0.491 e. The van der Waals surface area contributed by atoms with E-state index in [1.54, 1.807) is 0 Å². The molecular formula is C39H46O4. The van der Waals surface area contributed by atoms with Crippen molar-refractivity contribution in [3.05, 3.63) is 118 Å². The zero-order valence-corrected chi connectivity index (χ0v) is 26.6. The maximum atomic E-state index is 6.02. The molecule has 0 aliphatic heterocycles. The monoisotopic (exact) mass is 578 g/mol. The molecular weight excluding hydrogens is 532 g/mol. The largest absolute Gasteiger partial charge is 0.491 e. The van der Waals surface area contributed by atoms with Crippen molar-refractivity contribution < 1.29 is 18.9 Å². The van der Waals surface area contributed by atoms with E-state index in [1.165, 1.54) is 44.5 Å². The number of rotatable bonds is 14. The van der Waals surface area contributed by atoms with Gasteiger partial charge in [0.25, 0.3) is 0 Å². The van der Waals surface area contributed by atoms with Gasteiger partial charge in [-0.3, -0.25) is 0 Å². The van der Waals surface area contributed by atoms with Crippen molar-refractivity contribution in [1.29, 1.82) is 0 Å². The van der Waals surface area contributed by atoms with Gasteiger partial charge in [0.1, 0.15) is 24.7 Å². The lowest BCUT2D eigenvalue weighted by molar-refractivity contribution is 0.110. The van der Waals surface area contributed by atoms with Crippen molar-refractivity contribution in [2.45, 2.75) is 58.8 Å². The summed E-state index contributed by atoms with van der Waals surface area (Å²) >= 11 is 0. The van der Waals surface area contributed by atoms with E-state index in [1.807, 2.05) is 13.8 Å². The molecule has 4 aromatic rings. The fourth-order valence-corrected chi connectivity index (χ4v) is 6.19. The molecule has 5 rings (SSSR count). The van der Waals surface area contributed by atoms with Crippen LogP contribution < -0.4 is 9.47 Å². The third-order valence-electron chi connectivity index (χ3n) is 8.49. The number of fused-ring (bicyclic) bond motifs is 3. The smallest absolute Gasteiger partial charge is 0.119 e. The van der Waals surface area contributed by atoms with Crippen LogP contribution in [0.15, 0.2) is 84.9 Å². The van der Waals surface area contributed by atoms with Crippen molar-refractivity contribution in [3.63, 3.8) is 0 Å². The molecule has 4 heteroatoms. The quantitative estimate of drug-likeness (QED) is 0.123. The van der Waals surface area contributed by atoms with Gasteiger partial charge in [-0.15, -0.1) is 0 Å². The lowest BCUT2D eigenvalue weighted by atomic mass is 9.67. The summed E-state index contributed by atoms with van der Waals surface area (Å²) in [6.07, 6.45) is 0. The van der Waals surface area contributed by atoms with Crippen LogP contribution in [0.1, 0.15) is 86.8 Å². The Labute approximate surface area is 258 Å². The predicted molar refractivity (Wildman–Crippen MR) is 176 cm³/mol. The summed E-state index contributed by atoms with van der Waals surface area (Å²) in [6, 6.07) is 31.5. The summed E-state index contributed by atoms with van der Waals surface area (Å²) in [6.45, 7) is 16.7. The Morgan fingerprint density at radius 3 is 1.26 bits per heavy atom. The standard InChI is InChI=1S/C39H46O4/c1-7-40-21-23-42-33-15-11-31(12-16-33)39(32-13-17-34(18-14-32)43-24-22-41-8-2)37-25-29(27(3)4)9-19-35(37)36-20-10-30(28(5)6)26-38(36)39/h9-20,25-28H,7-8,21-24H2,1-6H3. The molecule has 4 nitrogen and oxygen atoms in total. The van der Waals surface area contributed by atoms with Crippen molar-refractivity contribution in [3.8, 4) is 22.6 Å². The van der Waals surface area contributed by atoms with Gasteiger partial charge in [-0.1, -0.05) is 88.4 Å². The minimum absolute atomic E-state index is 0.417. The fraction of sp³-hybridized carbons (Fsp3) is 0.385. The maximum Gasteiger partial charge on any atom is 0.119 e. The molecule has 0 saturated heterocycles. The molecule has 0 atom stereocenters. The molecule has 43 heavy (non-hydrogen) atoms. The summed E-state index contributed by atoms with van der Waals surface area (Å²) in [7, 11) is 0. The Balaban J connectivity index is 1.69. The van der Waals surface area contributed by atoms with Gasteiger partial charge >= 0.3 is 0 Å². The molecule has 4 aromatic carbocycles. The first-order valence-corrected chi connectivity index (χ1v) is 15.8. The third-order valence-corrected chi connectivity index (χ3v) is 8.49. The normalized spacial score (nSPS) is 13.3. The first kappa shape index (κ1) is 30.8. The second kappa shape index (κ2) is 13.8. The van der Waals surface area contributed by atoms with Crippen molar-refractivity contribution in [2.24, 2.45) is 0 Å². The van der Waals surface area contributed by atoms with E-state index in [4.69, 9.17) is 18.9 Å². The maximum absolute atomic E-state index is 6.02. The summed E-state index contributed by atoms with van der Waals surface area (Å²) in [5, 5.41) is 0. The zero-order valence-electron chi connectivity index (χ0n) is 26.6. The summed E-state index contributed by atoms with van der Waals surface area (Å²) in [5.41, 5.74) is 9.86. The Kier molecular flexibility index (Phi) is 9.90. The third kappa shape index (κ3) is 6.23. The van der Waals surface area contributed by atoms with Crippen LogP contribution in [-0.4, -0.2) is 39.6 Å². The number of ether oxygens (including phenoxy) is 4. The van der Waals surface area contributed by atoms with Crippen LogP contribution in [-0.2, 0) is 14.9 Å². The average Bonchev–Trinajstić information content (AvgIpc) is 3.32. The van der Waals surface area contributed by atoms with Gasteiger partial charge in [-0.25, -0.2) is 0 Å². The molecule has 0 N–H and O–H groups in total. The zero-order chi connectivity index (χ0) is 30.4. The average molecular weight is 579 g/mol. The van der Waals surface area contributed by atoms with Crippen molar-refractivity contribution >= 4 is 0 Å². The Bertz CT molecular complexity index is 1370. The van der Waals surface area contributed by atoms with Crippen LogP contribution in [0.25, 0.3) is 11.1 Å². The number of hydrogen-bond donors (Lipinski definition) is 0. The van der Waals surface area contributed by atoms with E-state index in [9.17, 15) is 0 Å². The van der Waals surface area contributed by atoms with Crippen molar-refractivity contribution in [1.82, 2.24) is 0 Å². The fourth-order valence-electron chi connectivity index (χ4n) is 6.19. The molecule has 0 bridgehead atoms. The van der Waals surface area contributed by atoms with Gasteiger partial charge in [0.05, 0.1) is 18.6 Å². The highest BCUT2D eigenvalue weighted by atomic mass is 16.5. The molecule has 1 aliphatic rings. The van der Waals surface area contributed by atoms with Crippen molar-refractivity contribution in [2.75, 3.05) is 39.6 Å². The minimum atomic E-state index is -0.492. The molecule has 0 amide bonds. The molecule has 0 heterocycles. The van der Waals surface area contributed by atoms with E-state index in [-0.39, 0.29) is 0 Å². The Morgan fingerprint density at radius 1 is 0.512 bits per heavy atom. The highest BCUT2D eigenvalue weighted by molar-refractivity contribution is 5.87. The predicted octanol–water partition coefficient (Wildman–Crippen LogP) is 9.13. The van der Waals surface area contributed by atoms with E-state index in [0.29, 0.717) is 51.5 Å². The van der Waals surface area contributed by atoms with Crippen LogP contribution in [0.2, 0.25) is 0 Å². The van der Waals surface area contributed by atoms with Gasteiger partial charge < -0.3 is 18.9 Å². The summed E-state index contributed by atoms with van der Waals surface area (Å²) in [4.78, 5) is 0. The molecule has 226 valence electrons. The van der Waals surface area contributed by atoms with Crippen LogP contribution in [0.3, 0.4) is 0 Å². The van der Waals surface area contributed by atoms with Gasteiger partial charge in [-0.05, 0) is 94.5 Å². The first-order chi connectivity index (χ1) is 20.9. The lowest BCUT2D eigenvalue weighted by Gasteiger charge is -2.35. The van der Waals surface area contributed by atoms with Gasteiger partial charge in [0.15, 0.2) is 0 Å². The summed E-state index contributed by atoms with van der Waals surface area (Å²) < 4.78 is 23.0. The molecule has 0 unspecified atom stereocenters. The first-order valence-electron chi connectivity index (χ1n) is 15.8. The molecule has 0 radical (unpaired) electrons. The topological polar surface area (TPSA) is 36.9 Å². The highest BCUT2D eigenvalue weighted by Gasteiger charge is 2.46. The van der Waals surface area contributed by atoms with E-state index >= 15 is 0 Å². The van der Waals surface area contributed by atoms with E-state index in [2.05, 4.69) is 113 Å². The second-order valence-corrected chi connectivity index (χ2v) is 11.8. The molecule has 0 aromatic heterocycles. The molecule has 0 fully saturated rings. The Morgan fingerprint density at radius 2 is 0.907 bits per heavy atom. The van der Waals surface area contributed by atoms with Crippen LogP contribution in [0.4, 0.5) is 0 Å². The van der Waals surface area contributed by atoms with Crippen LogP contribution in [0, 0.1) is 0 Å². The molecule has 1 aliphatic carbocycles. The number of benzene rings is 4. The SMILES string of the molecule is CCOCCOc1ccc(C2(c3ccc(OCCOCC)cc3)c3cc(C(C)C)ccc3-c3ccc(C(C)C)cc32)cc1. The van der Waals surface area contributed by atoms with E-state index < -0.39 is 5.41 Å². The molecule has 0 saturated carbocycles. The molecule has 0 spiro atoms. The summed E-state index contributed by atoms with van der Waals surface area (Å²) in [5.74, 6) is 2.53. The van der Waals surface area contributed by atoms with Gasteiger partial charge in [-0.2, -0.15) is 0 Å². The second-order valence-electron chi connectivity index (χ2n) is 11.8. The van der Waals surface area contributed by atoms with Crippen LogP contribution in [0.5, 0.6) is 11.5 Å². The van der Waals surface area contributed by atoms with E-state index in [0.717, 1.165) is 11.5 Å².